The molecule has 0 radical (unpaired) electrons. The van der Waals surface area contributed by atoms with E-state index >= 15 is 0 Å². The Bertz CT molecular complexity index is 1110. The Balaban J connectivity index is 1.42. The minimum Gasteiger partial charge on any atom is -0.494 e. The highest BCUT2D eigenvalue weighted by Crippen LogP contribution is 2.28. The summed E-state index contributed by atoms with van der Waals surface area (Å²) in [7, 11) is -3.67. The van der Waals surface area contributed by atoms with Crippen LogP contribution in [0.5, 0.6) is 5.75 Å². The maximum Gasteiger partial charge on any atom is 0.243 e. The molecule has 2 aliphatic heterocycles. The molecule has 2 saturated heterocycles. The summed E-state index contributed by atoms with van der Waals surface area (Å²) in [5, 5.41) is 2.77. The van der Waals surface area contributed by atoms with Gasteiger partial charge in [-0.3, -0.25) is 9.59 Å². The summed E-state index contributed by atoms with van der Waals surface area (Å²) in [6, 6.07) is 13.4. The van der Waals surface area contributed by atoms with Gasteiger partial charge in [-0.15, -0.1) is 0 Å². The molecule has 0 saturated carbocycles. The highest BCUT2D eigenvalue weighted by molar-refractivity contribution is 7.89. The van der Waals surface area contributed by atoms with Crippen LogP contribution in [0.15, 0.2) is 53.4 Å². The van der Waals surface area contributed by atoms with Crippen molar-refractivity contribution in [3.05, 3.63) is 48.5 Å². The number of nitrogens with one attached hydrogen (secondary N) is 1. The molecular formula is C23H27N3O6S. The zero-order valence-electron chi connectivity index (χ0n) is 18.4. The van der Waals surface area contributed by atoms with Gasteiger partial charge in [-0.05, 0) is 49.4 Å². The zero-order chi connectivity index (χ0) is 23.4. The van der Waals surface area contributed by atoms with Gasteiger partial charge in [0.2, 0.25) is 21.8 Å². The lowest BCUT2D eigenvalue weighted by molar-refractivity contribution is -0.122. The minimum absolute atomic E-state index is 0.0881. The van der Waals surface area contributed by atoms with Gasteiger partial charge in [0, 0.05) is 37.4 Å². The lowest BCUT2D eigenvalue weighted by Crippen LogP contribution is -2.40. The molecule has 176 valence electrons. The van der Waals surface area contributed by atoms with Crippen LogP contribution in [0.4, 0.5) is 11.4 Å². The molecular weight excluding hydrogens is 446 g/mol. The van der Waals surface area contributed by atoms with Gasteiger partial charge in [-0.1, -0.05) is 6.07 Å². The predicted molar refractivity (Wildman–Crippen MR) is 123 cm³/mol. The van der Waals surface area contributed by atoms with Crippen molar-refractivity contribution in [3.63, 3.8) is 0 Å². The molecule has 2 aromatic rings. The average Bonchev–Trinajstić information content (AvgIpc) is 3.22. The van der Waals surface area contributed by atoms with Crippen LogP contribution in [0.2, 0.25) is 0 Å². The summed E-state index contributed by atoms with van der Waals surface area (Å²) in [4.78, 5) is 27.1. The second-order valence-corrected chi connectivity index (χ2v) is 9.80. The molecule has 4 rings (SSSR count). The molecule has 0 bridgehead atoms. The van der Waals surface area contributed by atoms with E-state index < -0.39 is 15.9 Å². The standard InChI is InChI=1S/C23H27N3O6S/c1-2-32-20-8-6-19(7-9-20)26-16-17(14-22(26)27)23(28)24-18-4-3-5-21(15-18)33(29,30)25-10-12-31-13-11-25/h3-9,15,17H,2,10-14,16H2,1H3,(H,24,28)/t17-/m0/s1. The number of carbonyl (C=O) groups is 2. The summed E-state index contributed by atoms with van der Waals surface area (Å²) in [5.74, 6) is -0.279. The average molecular weight is 474 g/mol. The number of hydrogen-bond acceptors (Lipinski definition) is 6. The molecule has 10 heteroatoms. The maximum absolute atomic E-state index is 12.9. The number of benzene rings is 2. The number of sulfonamides is 1. The van der Waals surface area contributed by atoms with Crippen molar-refractivity contribution >= 4 is 33.2 Å². The minimum atomic E-state index is -3.67. The van der Waals surface area contributed by atoms with E-state index in [2.05, 4.69) is 5.32 Å². The van der Waals surface area contributed by atoms with Crippen LogP contribution >= 0.6 is 0 Å². The van der Waals surface area contributed by atoms with Crippen LogP contribution in [0.1, 0.15) is 13.3 Å². The molecule has 33 heavy (non-hydrogen) atoms. The second-order valence-electron chi connectivity index (χ2n) is 7.87. The predicted octanol–water partition coefficient (Wildman–Crippen LogP) is 2.10. The molecule has 1 atom stereocenters. The number of amides is 2. The van der Waals surface area contributed by atoms with Crippen LogP contribution in [-0.2, 0) is 24.3 Å². The first-order chi connectivity index (χ1) is 15.9. The summed E-state index contributed by atoms with van der Waals surface area (Å²) in [6.07, 6.45) is 0.0881. The molecule has 2 fully saturated rings. The van der Waals surface area contributed by atoms with Crippen molar-refractivity contribution in [1.82, 2.24) is 4.31 Å². The topological polar surface area (TPSA) is 105 Å². The van der Waals surface area contributed by atoms with Crippen LogP contribution in [0, 0.1) is 5.92 Å². The van der Waals surface area contributed by atoms with Gasteiger partial charge in [0.25, 0.3) is 0 Å². The molecule has 2 heterocycles. The number of ether oxygens (including phenoxy) is 2. The van der Waals surface area contributed by atoms with Crippen LogP contribution < -0.4 is 15.0 Å². The van der Waals surface area contributed by atoms with E-state index in [0.29, 0.717) is 50.0 Å². The van der Waals surface area contributed by atoms with Crippen molar-refractivity contribution in [3.8, 4) is 5.75 Å². The van der Waals surface area contributed by atoms with Gasteiger partial charge in [0.05, 0.1) is 30.6 Å². The second kappa shape index (κ2) is 9.90. The Morgan fingerprint density at radius 1 is 1.15 bits per heavy atom. The zero-order valence-corrected chi connectivity index (χ0v) is 19.2. The molecule has 0 unspecified atom stereocenters. The first-order valence-electron chi connectivity index (χ1n) is 10.9. The first kappa shape index (κ1) is 23.2. The van der Waals surface area contributed by atoms with Gasteiger partial charge >= 0.3 is 0 Å². The fourth-order valence-corrected chi connectivity index (χ4v) is 5.39. The third-order valence-electron chi connectivity index (χ3n) is 5.66. The third-order valence-corrected chi connectivity index (χ3v) is 7.56. The SMILES string of the molecule is CCOc1ccc(N2C[C@@H](C(=O)Nc3cccc(S(=O)(=O)N4CCOCC4)c3)CC2=O)cc1. The van der Waals surface area contributed by atoms with E-state index in [0.717, 1.165) is 0 Å². The summed E-state index contributed by atoms with van der Waals surface area (Å²) in [6.45, 7) is 4.01. The highest BCUT2D eigenvalue weighted by Gasteiger charge is 2.35. The van der Waals surface area contributed by atoms with E-state index in [1.165, 1.54) is 16.4 Å². The van der Waals surface area contributed by atoms with Crippen molar-refractivity contribution in [2.45, 2.75) is 18.2 Å². The fraction of sp³-hybridized carbons (Fsp3) is 0.391. The van der Waals surface area contributed by atoms with Gasteiger partial charge in [-0.25, -0.2) is 8.42 Å². The van der Waals surface area contributed by atoms with E-state index in [-0.39, 0.29) is 29.7 Å². The Kier molecular flexibility index (Phi) is 6.96. The van der Waals surface area contributed by atoms with Crippen LogP contribution in [0.3, 0.4) is 0 Å². The molecule has 0 aliphatic carbocycles. The van der Waals surface area contributed by atoms with Crippen molar-refractivity contribution < 1.29 is 27.5 Å². The molecule has 1 N–H and O–H groups in total. The Hall–Kier alpha value is -2.95. The normalized spacial score (nSPS) is 19.5. The van der Waals surface area contributed by atoms with Crippen LogP contribution in [0.25, 0.3) is 0 Å². The molecule has 0 aromatic heterocycles. The van der Waals surface area contributed by atoms with Gasteiger partial charge in [0.1, 0.15) is 5.75 Å². The van der Waals surface area contributed by atoms with E-state index in [4.69, 9.17) is 9.47 Å². The molecule has 2 aromatic carbocycles. The van der Waals surface area contributed by atoms with Crippen molar-refractivity contribution in [1.29, 1.82) is 0 Å². The number of carbonyl (C=O) groups excluding carboxylic acids is 2. The smallest absolute Gasteiger partial charge is 0.243 e. The number of morpholine rings is 1. The Labute approximate surface area is 193 Å². The van der Waals surface area contributed by atoms with Gasteiger partial charge in [0.15, 0.2) is 0 Å². The van der Waals surface area contributed by atoms with Gasteiger partial charge in [-0.2, -0.15) is 4.31 Å². The van der Waals surface area contributed by atoms with Crippen LogP contribution in [-0.4, -0.2) is 64.0 Å². The Morgan fingerprint density at radius 2 is 1.88 bits per heavy atom. The first-order valence-corrected chi connectivity index (χ1v) is 12.3. The van der Waals surface area contributed by atoms with Gasteiger partial charge < -0.3 is 19.7 Å². The van der Waals surface area contributed by atoms with E-state index in [1.807, 2.05) is 6.92 Å². The van der Waals surface area contributed by atoms with Crippen molar-refractivity contribution in [2.75, 3.05) is 49.7 Å². The monoisotopic (exact) mass is 473 g/mol. The summed E-state index contributed by atoms with van der Waals surface area (Å²) in [5.41, 5.74) is 1.08. The largest absolute Gasteiger partial charge is 0.494 e. The summed E-state index contributed by atoms with van der Waals surface area (Å²) < 4.78 is 37.8. The fourth-order valence-electron chi connectivity index (χ4n) is 3.94. The highest BCUT2D eigenvalue weighted by atomic mass is 32.2. The molecule has 2 amide bonds. The molecule has 0 spiro atoms. The number of hydrogen-bond donors (Lipinski definition) is 1. The number of rotatable bonds is 7. The lowest BCUT2D eigenvalue weighted by Gasteiger charge is -2.26. The van der Waals surface area contributed by atoms with Crippen molar-refractivity contribution in [2.24, 2.45) is 5.92 Å². The number of anilines is 2. The van der Waals surface area contributed by atoms with E-state index in [9.17, 15) is 18.0 Å². The summed E-state index contributed by atoms with van der Waals surface area (Å²) >= 11 is 0. The van der Waals surface area contributed by atoms with E-state index in [1.54, 1.807) is 41.3 Å². The Morgan fingerprint density at radius 3 is 2.58 bits per heavy atom. The maximum atomic E-state index is 12.9. The molecule has 9 nitrogen and oxygen atoms in total. The third kappa shape index (κ3) is 5.18. The molecule has 2 aliphatic rings. The quantitative estimate of drug-likeness (QED) is 0.660. The lowest BCUT2D eigenvalue weighted by atomic mass is 10.1. The number of nitrogens with zero attached hydrogens (tertiary/aromatic N) is 2.